The second kappa shape index (κ2) is 5.95. The molecule has 0 fully saturated rings. The molecule has 0 amide bonds. The van der Waals surface area contributed by atoms with Crippen molar-refractivity contribution in [3.05, 3.63) is 48.2 Å². The number of H-pyrrole nitrogens is 1. The highest BCUT2D eigenvalue weighted by Crippen LogP contribution is 2.43. The van der Waals surface area contributed by atoms with E-state index < -0.39 is 0 Å². The fourth-order valence-corrected chi connectivity index (χ4v) is 3.23. The number of halogens is 1. The summed E-state index contributed by atoms with van der Waals surface area (Å²) in [6.07, 6.45) is 2.86. The van der Waals surface area contributed by atoms with Gasteiger partial charge in [-0.05, 0) is 36.8 Å². The van der Waals surface area contributed by atoms with Gasteiger partial charge in [0.25, 0.3) is 0 Å². The SMILES string of the molecule is CC(C)(CCC#N)c1nc2c([nH]1)-c1cccnc1Nc1cc(F)ccc1-2. The van der Waals surface area contributed by atoms with Gasteiger partial charge in [0.1, 0.15) is 17.5 Å². The molecule has 0 spiro atoms. The number of nitrogens with one attached hydrogen (secondary N) is 2. The summed E-state index contributed by atoms with van der Waals surface area (Å²) in [7, 11) is 0. The second-order valence-corrected chi connectivity index (χ2v) is 7.07. The molecule has 130 valence electrons. The first-order chi connectivity index (χ1) is 12.5. The van der Waals surface area contributed by atoms with Crippen LogP contribution in [-0.4, -0.2) is 15.0 Å². The van der Waals surface area contributed by atoms with Crippen LogP contribution >= 0.6 is 0 Å². The van der Waals surface area contributed by atoms with E-state index in [-0.39, 0.29) is 11.2 Å². The molecule has 2 N–H and O–H groups in total. The van der Waals surface area contributed by atoms with Gasteiger partial charge in [-0.1, -0.05) is 13.8 Å². The molecule has 3 heterocycles. The maximum atomic E-state index is 13.8. The summed E-state index contributed by atoms with van der Waals surface area (Å²) in [4.78, 5) is 12.7. The van der Waals surface area contributed by atoms with E-state index >= 15 is 0 Å². The van der Waals surface area contributed by atoms with Crippen molar-refractivity contribution < 1.29 is 4.39 Å². The molecule has 0 aliphatic carbocycles. The largest absolute Gasteiger partial charge is 0.341 e. The summed E-state index contributed by atoms with van der Waals surface area (Å²) in [5, 5.41) is 12.1. The van der Waals surface area contributed by atoms with Gasteiger partial charge < -0.3 is 10.3 Å². The average Bonchev–Trinajstić information content (AvgIpc) is 3.02. The Balaban J connectivity index is 1.94. The van der Waals surface area contributed by atoms with E-state index in [1.165, 1.54) is 12.1 Å². The first-order valence-electron chi connectivity index (χ1n) is 8.49. The minimum absolute atomic E-state index is 0.280. The molecule has 1 aliphatic heterocycles. The number of hydrogen-bond donors (Lipinski definition) is 2. The van der Waals surface area contributed by atoms with Crippen LogP contribution in [0.25, 0.3) is 22.5 Å². The lowest BCUT2D eigenvalue weighted by Crippen LogP contribution is -2.18. The molecule has 0 atom stereocenters. The molecule has 1 aliphatic rings. The van der Waals surface area contributed by atoms with Gasteiger partial charge in [-0.25, -0.2) is 14.4 Å². The number of benzene rings is 1. The Bertz CT molecular complexity index is 1030. The molecule has 0 bridgehead atoms. The second-order valence-electron chi connectivity index (χ2n) is 7.07. The lowest BCUT2D eigenvalue weighted by atomic mass is 9.87. The summed E-state index contributed by atoms with van der Waals surface area (Å²) in [6, 6.07) is 10.6. The highest BCUT2D eigenvalue weighted by molar-refractivity contribution is 5.94. The molecule has 0 unspecified atom stereocenters. The van der Waals surface area contributed by atoms with Crippen molar-refractivity contribution in [3.8, 4) is 28.6 Å². The fraction of sp³-hybridized carbons (Fsp3) is 0.250. The summed E-state index contributed by atoms with van der Waals surface area (Å²) in [5.41, 5.74) is 3.67. The number of aromatic nitrogens is 3. The van der Waals surface area contributed by atoms with E-state index in [4.69, 9.17) is 10.2 Å². The van der Waals surface area contributed by atoms with E-state index in [1.807, 2.05) is 12.1 Å². The molecule has 0 saturated carbocycles. The van der Waals surface area contributed by atoms with Crippen molar-refractivity contribution in [1.82, 2.24) is 15.0 Å². The van der Waals surface area contributed by atoms with Gasteiger partial charge in [-0.15, -0.1) is 0 Å². The maximum Gasteiger partial charge on any atom is 0.139 e. The molecule has 1 aromatic carbocycles. The average molecular weight is 347 g/mol. The Labute approximate surface area is 150 Å². The van der Waals surface area contributed by atoms with E-state index in [2.05, 4.69) is 35.2 Å². The van der Waals surface area contributed by atoms with Crippen molar-refractivity contribution in [2.45, 2.75) is 32.1 Å². The lowest BCUT2D eigenvalue weighted by Gasteiger charge is -2.20. The minimum atomic E-state index is -0.317. The molecular formula is C20H18FN5. The summed E-state index contributed by atoms with van der Waals surface area (Å²) in [6.45, 7) is 4.13. The van der Waals surface area contributed by atoms with Gasteiger partial charge in [0.15, 0.2) is 0 Å². The maximum absolute atomic E-state index is 13.8. The standard InChI is InChI=1S/C20H18FN5/c1-20(2,8-4-9-22)19-25-16-13-7-6-12(21)11-15(13)24-18-14(17(16)26-19)5-3-10-23-18/h3,5-7,10-11H,4,8H2,1-2H3,(H,23,24)(H,25,26). The first-order valence-corrected chi connectivity index (χ1v) is 8.49. The van der Waals surface area contributed by atoms with Gasteiger partial charge >= 0.3 is 0 Å². The van der Waals surface area contributed by atoms with Crippen LogP contribution in [0, 0.1) is 17.1 Å². The number of rotatable bonds is 3. The summed E-state index contributed by atoms with van der Waals surface area (Å²) in [5.74, 6) is 1.15. The predicted molar refractivity (Wildman–Crippen MR) is 98.4 cm³/mol. The van der Waals surface area contributed by atoms with Crippen molar-refractivity contribution in [2.75, 3.05) is 5.32 Å². The van der Waals surface area contributed by atoms with Crippen LogP contribution in [0.4, 0.5) is 15.9 Å². The van der Waals surface area contributed by atoms with E-state index in [1.54, 1.807) is 12.3 Å². The topological polar surface area (TPSA) is 77.4 Å². The zero-order chi connectivity index (χ0) is 18.3. The Morgan fingerprint density at radius 1 is 1.23 bits per heavy atom. The number of fused-ring (bicyclic) bond motifs is 5. The molecule has 26 heavy (non-hydrogen) atoms. The van der Waals surface area contributed by atoms with Crippen LogP contribution in [0.5, 0.6) is 0 Å². The Kier molecular flexibility index (Phi) is 3.73. The van der Waals surface area contributed by atoms with Crippen molar-refractivity contribution in [2.24, 2.45) is 0 Å². The van der Waals surface area contributed by atoms with Crippen molar-refractivity contribution in [3.63, 3.8) is 0 Å². The Morgan fingerprint density at radius 3 is 2.88 bits per heavy atom. The zero-order valence-electron chi connectivity index (χ0n) is 14.6. The monoisotopic (exact) mass is 347 g/mol. The highest BCUT2D eigenvalue weighted by Gasteiger charge is 2.29. The predicted octanol–water partition coefficient (Wildman–Crippen LogP) is 4.92. The lowest BCUT2D eigenvalue weighted by molar-refractivity contribution is 0.461. The smallest absolute Gasteiger partial charge is 0.139 e. The third kappa shape index (κ3) is 2.62. The third-order valence-corrected chi connectivity index (χ3v) is 4.77. The van der Waals surface area contributed by atoms with Gasteiger partial charge in [-0.2, -0.15) is 5.26 Å². The normalized spacial score (nSPS) is 12.2. The van der Waals surface area contributed by atoms with Gasteiger partial charge in [-0.3, -0.25) is 0 Å². The van der Waals surface area contributed by atoms with Crippen LogP contribution in [0.15, 0.2) is 36.5 Å². The number of pyridine rings is 1. The number of aromatic amines is 1. The number of hydrogen-bond acceptors (Lipinski definition) is 4. The molecule has 4 rings (SSSR count). The molecule has 2 aromatic heterocycles. The molecular weight excluding hydrogens is 329 g/mol. The number of nitriles is 1. The van der Waals surface area contributed by atoms with Crippen LogP contribution < -0.4 is 5.32 Å². The molecule has 0 radical (unpaired) electrons. The van der Waals surface area contributed by atoms with Gasteiger partial charge in [0, 0.05) is 29.2 Å². The zero-order valence-corrected chi connectivity index (χ0v) is 14.6. The van der Waals surface area contributed by atoms with E-state index in [0.717, 1.165) is 28.3 Å². The van der Waals surface area contributed by atoms with Crippen LogP contribution in [0.3, 0.4) is 0 Å². The third-order valence-electron chi connectivity index (χ3n) is 4.77. The number of imidazole rings is 1. The quantitative estimate of drug-likeness (QED) is 0.552. The molecule has 6 heteroatoms. The van der Waals surface area contributed by atoms with Crippen LogP contribution in [-0.2, 0) is 5.41 Å². The number of nitrogens with zero attached hydrogens (tertiary/aromatic N) is 3. The van der Waals surface area contributed by atoms with Crippen molar-refractivity contribution >= 4 is 11.5 Å². The molecule has 0 saturated heterocycles. The number of anilines is 2. The van der Waals surface area contributed by atoms with Crippen molar-refractivity contribution in [1.29, 1.82) is 5.26 Å². The molecule has 5 nitrogen and oxygen atoms in total. The minimum Gasteiger partial charge on any atom is -0.341 e. The Morgan fingerprint density at radius 2 is 2.08 bits per heavy atom. The summed E-state index contributed by atoms with van der Waals surface area (Å²) < 4.78 is 13.8. The van der Waals surface area contributed by atoms with Gasteiger partial charge in [0.05, 0.1) is 23.1 Å². The van der Waals surface area contributed by atoms with Crippen LogP contribution in [0.1, 0.15) is 32.5 Å². The van der Waals surface area contributed by atoms with E-state index in [0.29, 0.717) is 24.3 Å². The molecule has 3 aromatic rings. The fourth-order valence-electron chi connectivity index (χ4n) is 3.23. The van der Waals surface area contributed by atoms with Gasteiger partial charge in [0.2, 0.25) is 0 Å². The first kappa shape index (κ1) is 16.3. The Hall–Kier alpha value is -3.20. The van der Waals surface area contributed by atoms with Crippen LogP contribution in [0.2, 0.25) is 0 Å². The summed E-state index contributed by atoms with van der Waals surface area (Å²) >= 11 is 0. The highest BCUT2D eigenvalue weighted by atomic mass is 19.1. The van der Waals surface area contributed by atoms with E-state index in [9.17, 15) is 4.39 Å².